The summed E-state index contributed by atoms with van der Waals surface area (Å²) in [4.78, 5) is 2.24. The molecule has 1 saturated carbocycles. The smallest absolute Gasteiger partial charge is 0.119 e. The SMILES string of the molecule is CCCCCCC(C)(C)c1ccc(C2CC(O)CCC2CCCN(C)C)c(O)c1.Cl. The van der Waals surface area contributed by atoms with Crippen molar-refractivity contribution in [1.82, 2.24) is 4.90 Å². The van der Waals surface area contributed by atoms with Gasteiger partial charge in [0.25, 0.3) is 0 Å². The maximum Gasteiger partial charge on any atom is 0.119 e. The first-order valence-electron chi connectivity index (χ1n) is 11.9. The highest BCUT2D eigenvalue weighted by Gasteiger charge is 2.32. The first kappa shape index (κ1) is 27.3. The molecule has 1 aromatic rings. The van der Waals surface area contributed by atoms with E-state index in [1.54, 1.807) is 0 Å². The van der Waals surface area contributed by atoms with E-state index in [1.165, 1.54) is 44.1 Å². The van der Waals surface area contributed by atoms with Crippen LogP contribution in [0.3, 0.4) is 0 Å². The van der Waals surface area contributed by atoms with Gasteiger partial charge in [0.15, 0.2) is 0 Å². The summed E-state index contributed by atoms with van der Waals surface area (Å²) in [6, 6.07) is 6.39. The quantitative estimate of drug-likeness (QED) is 0.379. The van der Waals surface area contributed by atoms with Crippen LogP contribution in [0.2, 0.25) is 0 Å². The number of rotatable bonds is 11. The first-order valence-corrected chi connectivity index (χ1v) is 11.9. The number of aliphatic hydroxyl groups excluding tert-OH is 1. The molecule has 0 radical (unpaired) electrons. The van der Waals surface area contributed by atoms with Crippen molar-refractivity contribution in [3.05, 3.63) is 29.3 Å². The van der Waals surface area contributed by atoms with Crippen molar-refractivity contribution in [2.45, 2.75) is 102 Å². The van der Waals surface area contributed by atoms with Gasteiger partial charge in [0.2, 0.25) is 0 Å². The first-order chi connectivity index (χ1) is 13.7. The van der Waals surface area contributed by atoms with Crippen molar-refractivity contribution < 1.29 is 10.2 Å². The fourth-order valence-corrected chi connectivity index (χ4v) is 5.02. The lowest BCUT2D eigenvalue weighted by molar-refractivity contribution is 0.0891. The second-order valence-electron chi connectivity index (χ2n) is 10.2. The van der Waals surface area contributed by atoms with Crippen LogP contribution in [-0.2, 0) is 5.41 Å². The monoisotopic (exact) mass is 439 g/mol. The lowest BCUT2D eigenvalue weighted by atomic mass is 9.71. The molecule has 2 N–H and O–H groups in total. The van der Waals surface area contributed by atoms with Gasteiger partial charge in [-0.05, 0) is 93.6 Å². The molecule has 0 bridgehead atoms. The van der Waals surface area contributed by atoms with E-state index in [9.17, 15) is 10.2 Å². The topological polar surface area (TPSA) is 43.7 Å². The predicted octanol–water partition coefficient (Wildman–Crippen LogP) is 6.65. The van der Waals surface area contributed by atoms with Crippen LogP contribution in [0.4, 0.5) is 0 Å². The van der Waals surface area contributed by atoms with E-state index in [2.05, 4.69) is 51.9 Å². The summed E-state index contributed by atoms with van der Waals surface area (Å²) in [5.74, 6) is 1.25. The second-order valence-corrected chi connectivity index (χ2v) is 10.2. The van der Waals surface area contributed by atoms with Crippen LogP contribution in [0.25, 0.3) is 0 Å². The maximum atomic E-state index is 10.9. The van der Waals surface area contributed by atoms with E-state index in [1.807, 2.05) is 6.07 Å². The normalized spacial score (nSPS) is 22.2. The Balaban J connectivity index is 0.00000450. The number of unbranched alkanes of at least 4 members (excludes halogenated alkanes) is 3. The van der Waals surface area contributed by atoms with Crippen LogP contribution in [0.5, 0.6) is 5.75 Å². The number of benzene rings is 1. The largest absolute Gasteiger partial charge is 0.508 e. The van der Waals surface area contributed by atoms with Gasteiger partial charge >= 0.3 is 0 Å². The summed E-state index contributed by atoms with van der Waals surface area (Å²) in [6.07, 6.45) is 11.1. The van der Waals surface area contributed by atoms with Crippen LogP contribution in [0, 0.1) is 5.92 Å². The molecule has 3 atom stereocenters. The molecule has 0 spiro atoms. The maximum absolute atomic E-state index is 10.9. The minimum absolute atomic E-state index is 0. The van der Waals surface area contributed by atoms with Crippen molar-refractivity contribution in [2.24, 2.45) is 5.92 Å². The lowest BCUT2D eigenvalue weighted by Crippen LogP contribution is -2.27. The Morgan fingerprint density at radius 3 is 2.43 bits per heavy atom. The molecule has 0 heterocycles. The molecule has 0 saturated heterocycles. The number of halogens is 1. The van der Waals surface area contributed by atoms with Gasteiger partial charge in [-0.3, -0.25) is 0 Å². The van der Waals surface area contributed by atoms with Crippen molar-refractivity contribution in [2.75, 3.05) is 20.6 Å². The minimum Gasteiger partial charge on any atom is -0.508 e. The highest BCUT2D eigenvalue weighted by molar-refractivity contribution is 5.85. The minimum atomic E-state index is -0.237. The summed E-state index contributed by atoms with van der Waals surface area (Å²) in [5.41, 5.74) is 2.36. The van der Waals surface area contributed by atoms with Crippen LogP contribution in [0.15, 0.2) is 18.2 Å². The average molecular weight is 440 g/mol. The molecular formula is C26H46ClNO2. The summed E-state index contributed by atoms with van der Waals surface area (Å²) < 4.78 is 0. The zero-order chi connectivity index (χ0) is 21.4. The van der Waals surface area contributed by atoms with E-state index >= 15 is 0 Å². The van der Waals surface area contributed by atoms with Gasteiger partial charge in [-0.2, -0.15) is 0 Å². The van der Waals surface area contributed by atoms with Gasteiger partial charge in [-0.15, -0.1) is 12.4 Å². The molecule has 0 amide bonds. The summed E-state index contributed by atoms with van der Waals surface area (Å²) in [6.45, 7) is 7.93. The van der Waals surface area contributed by atoms with Crippen LogP contribution < -0.4 is 0 Å². The number of phenolic OH excluding ortho intramolecular Hbond substituents is 1. The summed E-state index contributed by atoms with van der Waals surface area (Å²) >= 11 is 0. The molecule has 1 aliphatic rings. The standard InChI is InChI=1S/C26H45NO2.ClH/c1-6-7-8-9-16-26(2,3)21-13-15-23(25(29)18-21)24-19-22(28)14-12-20(24)11-10-17-27(4)5;/h13,15,18,20,22,24,28-29H,6-12,14,16-17,19H2,1-5H3;1H. The van der Waals surface area contributed by atoms with Gasteiger partial charge < -0.3 is 15.1 Å². The number of hydrogen-bond acceptors (Lipinski definition) is 3. The molecule has 0 aromatic heterocycles. The van der Waals surface area contributed by atoms with Gasteiger partial charge in [0.05, 0.1) is 6.10 Å². The Morgan fingerprint density at radius 2 is 1.80 bits per heavy atom. The molecule has 0 aliphatic heterocycles. The zero-order valence-corrected chi connectivity index (χ0v) is 20.8. The second kappa shape index (κ2) is 12.9. The van der Waals surface area contributed by atoms with E-state index in [4.69, 9.17) is 0 Å². The molecule has 1 aromatic carbocycles. The van der Waals surface area contributed by atoms with Crippen molar-refractivity contribution in [3.8, 4) is 5.75 Å². The molecule has 4 heteroatoms. The number of aromatic hydroxyl groups is 1. The fourth-order valence-electron chi connectivity index (χ4n) is 5.02. The third-order valence-electron chi connectivity index (χ3n) is 7.01. The molecule has 3 unspecified atom stereocenters. The number of nitrogens with zero attached hydrogens (tertiary/aromatic N) is 1. The zero-order valence-electron chi connectivity index (χ0n) is 20.0. The van der Waals surface area contributed by atoms with Crippen LogP contribution >= 0.6 is 12.4 Å². The molecule has 30 heavy (non-hydrogen) atoms. The van der Waals surface area contributed by atoms with Gasteiger partial charge in [0.1, 0.15) is 5.75 Å². The van der Waals surface area contributed by atoms with Gasteiger partial charge in [-0.25, -0.2) is 0 Å². The molecule has 1 aliphatic carbocycles. The Hall–Kier alpha value is -0.770. The molecule has 174 valence electrons. The molecular weight excluding hydrogens is 394 g/mol. The van der Waals surface area contributed by atoms with E-state index < -0.39 is 0 Å². The third kappa shape index (κ3) is 8.05. The Kier molecular flexibility index (Phi) is 11.8. The lowest BCUT2D eigenvalue weighted by Gasteiger charge is -2.36. The molecule has 2 rings (SSSR count). The van der Waals surface area contributed by atoms with Crippen molar-refractivity contribution in [3.63, 3.8) is 0 Å². The Labute approximate surface area is 191 Å². The summed E-state index contributed by atoms with van der Waals surface area (Å²) in [7, 11) is 4.24. The van der Waals surface area contributed by atoms with Crippen LogP contribution in [0.1, 0.15) is 102 Å². The Bertz CT molecular complexity index is 617. The number of hydrogen-bond donors (Lipinski definition) is 2. The fraction of sp³-hybridized carbons (Fsp3) is 0.769. The number of aliphatic hydroxyl groups is 1. The average Bonchev–Trinajstić information content (AvgIpc) is 2.66. The molecule has 1 fully saturated rings. The summed E-state index contributed by atoms with van der Waals surface area (Å²) in [5, 5.41) is 21.2. The van der Waals surface area contributed by atoms with Crippen molar-refractivity contribution >= 4 is 12.4 Å². The predicted molar refractivity (Wildman–Crippen MR) is 131 cm³/mol. The Morgan fingerprint density at radius 1 is 1.07 bits per heavy atom. The van der Waals surface area contributed by atoms with E-state index in [0.29, 0.717) is 11.7 Å². The van der Waals surface area contributed by atoms with Gasteiger partial charge in [-0.1, -0.05) is 58.6 Å². The van der Waals surface area contributed by atoms with E-state index in [-0.39, 0.29) is 29.8 Å². The van der Waals surface area contributed by atoms with Crippen LogP contribution in [-0.4, -0.2) is 41.9 Å². The van der Waals surface area contributed by atoms with E-state index in [0.717, 1.165) is 37.8 Å². The highest BCUT2D eigenvalue weighted by Crippen LogP contribution is 2.44. The highest BCUT2D eigenvalue weighted by atomic mass is 35.5. The number of phenols is 1. The van der Waals surface area contributed by atoms with Crippen molar-refractivity contribution in [1.29, 1.82) is 0 Å². The molecule has 3 nitrogen and oxygen atoms in total. The third-order valence-corrected chi connectivity index (χ3v) is 7.01. The van der Waals surface area contributed by atoms with Gasteiger partial charge in [0, 0.05) is 0 Å².